The third-order valence-electron chi connectivity index (χ3n) is 4.91. The Hall–Kier alpha value is -1.85. The van der Waals surface area contributed by atoms with Crippen LogP contribution >= 0.6 is 15.9 Å². The SMILES string of the molecule is Cc1cc(O)cc(C)c1C[C@H](N)C(=O)N1CCc2ccc(Br)cc2C1. The number of fused-ring (bicyclic) bond motifs is 1. The smallest absolute Gasteiger partial charge is 0.240 e. The molecule has 0 unspecified atom stereocenters. The van der Waals surface area contributed by atoms with Gasteiger partial charge in [-0.2, -0.15) is 0 Å². The molecule has 25 heavy (non-hydrogen) atoms. The summed E-state index contributed by atoms with van der Waals surface area (Å²) < 4.78 is 1.03. The summed E-state index contributed by atoms with van der Waals surface area (Å²) in [5.41, 5.74) is 11.7. The number of halogens is 1. The van der Waals surface area contributed by atoms with Crippen molar-refractivity contribution in [3.63, 3.8) is 0 Å². The molecule has 1 heterocycles. The predicted molar refractivity (Wildman–Crippen MR) is 103 cm³/mol. The molecule has 2 aromatic carbocycles. The quantitative estimate of drug-likeness (QED) is 0.827. The van der Waals surface area contributed by atoms with Crippen molar-refractivity contribution in [1.82, 2.24) is 4.90 Å². The molecule has 0 spiro atoms. The zero-order chi connectivity index (χ0) is 18.1. The van der Waals surface area contributed by atoms with E-state index >= 15 is 0 Å². The zero-order valence-corrected chi connectivity index (χ0v) is 16.1. The summed E-state index contributed by atoms with van der Waals surface area (Å²) in [6.07, 6.45) is 1.34. The molecule has 1 aliphatic heterocycles. The lowest BCUT2D eigenvalue weighted by atomic mass is 9.94. The summed E-state index contributed by atoms with van der Waals surface area (Å²) in [6, 6.07) is 9.09. The second kappa shape index (κ2) is 7.18. The highest BCUT2D eigenvalue weighted by molar-refractivity contribution is 9.10. The lowest BCUT2D eigenvalue weighted by Crippen LogP contribution is -2.47. The summed E-state index contributed by atoms with van der Waals surface area (Å²) in [5.74, 6) is 0.231. The Balaban J connectivity index is 1.73. The first-order chi connectivity index (χ1) is 11.8. The van der Waals surface area contributed by atoms with Crippen LogP contribution in [0.5, 0.6) is 5.75 Å². The van der Waals surface area contributed by atoms with Crippen LogP contribution in [-0.2, 0) is 24.2 Å². The minimum Gasteiger partial charge on any atom is -0.508 e. The maximum atomic E-state index is 12.8. The van der Waals surface area contributed by atoms with Crippen LogP contribution in [0.2, 0.25) is 0 Å². The average Bonchev–Trinajstić information content (AvgIpc) is 2.56. The molecule has 5 heteroatoms. The van der Waals surface area contributed by atoms with Gasteiger partial charge in [-0.15, -0.1) is 0 Å². The van der Waals surface area contributed by atoms with Crippen LogP contribution in [0.1, 0.15) is 27.8 Å². The molecule has 132 valence electrons. The van der Waals surface area contributed by atoms with Crippen LogP contribution in [0.4, 0.5) is 0 Å². The zero-order valence-electron chi connectivity index (χ0n) is 14.6. The topological polar surface area (TPSA) is 66.6 Å². The van der Waals surface area contributed by atoms with E-state index in [1.807, 2.05) is 24.8 Å². The number of carbonyl (C=O) groups is 1. The van der Waals surface area contributed by atoms with E-state index in [4.69, 9.17) is 5.73 Å². The van der Waals surface area contributed by atoms with Gasteiger partial charge in [0.15, 0.2) is 0 Å². The summed E-state index contributed by atoms with van der Waals surface area (Å²) in [6.45, 7) is 5.19. The molecule has 1 aliphatic rings. The molecule has 1 atom stereocenters. The maximum Gasteiger partial charge on any atom is 0.240 e. The molecule has 0 aromatic heterocycles. The van der Waals surface area contributed by atoms with Gasteiger partial charge in [0.1, 0.15) is 5.75 Å². The molecule has 0 bridgehead atoms. The van der Waals surface area contributed by atoms with Crippen molar-refractivity contribution < 1.29 is 9.90 Å². The number of carbonyl (C=O) groups excluding carboxylic acids is 1. The van der Waals surface area contributed by atoms with Crippen LogP contribution in [0, 0.1) is 13.8 Å². The van der Waals surface area contributed by atoms with Gasteiger partial charge in [0.05, 0.1) is 6.04 Å². The molecule has 0 fully saturated rings. The lowest BCUT2D eigenvalue weighted by molar-refractivity contribution is -0.133. The van der Waals surface area contributed by atoms with E-state index in [1.54, 1.807) is 12.1 Å². The number of amides is 1. The molecule has 4 nitrogen and oxygen atoms in total. The van der Waals surface area contributed by atoms with Crippen molar-refractivity contribution in [2.75, 3.05) is 6.54 Å². The van der Waals surface area contributed by atoms with Crippen molar-refractivity contribution in [3.05, 3.63) is 62.6 Å². The van der Waals surface area contributed by atoms with E-state index in [1.165, 1.54) is 11.1 Å². The number of nitrogens with zero attached hydrogens (tertiary/aromatic N) is 1. The molecule has 3 N–H and O–H groups in total. The van der Waals surface area contributed by atoms with Gasteiger partial charge in [0, 0.05) is 17.6 Å². The summed E-state index contributed by atoms with van der Waals surface area (Å²) in [5, 5.41) is 9.67. The monoisotopic (exact) mass is 402 g/mol. The number of phenols is 1. The normalized spacial score (nSPS) is 15.0. The Bertz CT molecular complexity index is 796. The molecule has 1 amide bonds. The number of phenolic OH excluding ortho intramolecular Hbond substituents is 1. The van der Waals surface area contributed by atoms with Crippen LogP contribution in [0.25, 0.3) is 0 Å². The number of hydrogen-bond acceptors (Lipinski definition) is 3. The van der Waals surface area contributed by atoms with Crippen LogP contribution in [0.3, 0.4) is 0 Å². The Morgan fingerprint density at radius 2 is 1.92 bits per heavy atom. The van der Waals surface area contributed by atoms with Gasteiger partial charge in [0.25, 0.3) is 0 Å². The van der Waals surface area contributed by atoms with Crippen LogP contribution in [0.15, 0.2) is 34.8 Å². The molecule has 3 rings (SSSR count). The Morgan fingerprint density at radius 1 is 1.24 bits per heavy atom. The maximum absolute atomic E-state index is 12.8. The van der Waals surface area contributed by atoms with Gasteiger partial charge in [-0.05, 0) is 78.8 Å². The fourth-order valence-corrected chi connectivity index (χ4v) is 3.96. The fraction of sp³-hybridized carbons (Fsp3) is 0.350. The lowest BCUT2D eigenvalue weighted by Gasteiger charge is -2.31. The highest BCUT2D eigenvalue weighted by atomic mass is 79.9. The first-order valence-corrected chi connectivity index (χ1v) is 9.25. The number of aromatic hydroxyl groups is 1. The number of rotatable bonds is 3. The van der Waals surface area contributed by atoms with Gasteiger partial charge in [-0.3, -0.25) is 4.79 Å². The van der Waals surface area contributed by atoms with Crippen molar-refractivity contribution in [2.24, 2.45) is 5.73 Å². The molecule has 0 aliphatic carbocycles. The predicted octanol–water partition coefficient (Wildman–Crippen LogP) is 3.23. The minimum atomic E-state index is -0.573. The average molecular weight is 403 g/mol. The highest BCUT2D eigenvalue weighted by Gasteiger charge is 2.26. The summed E-state index contributed by atoms with van der Waals surface area (Å²) in [4.78, 5) is 14.7. The van der Waals surface area contributed by atoms with Gasteiger partial charge >= 0.3 is 0 Å². The fourth-order valence-electron chi connectivity index (χ4n) is 3.55. The highest BCUT2D eigenvalue weighted by Crippen LogP contribution is 2.25. The van der Waals surface area contributed by atoms with Crippen molar-refractivity contribution >= 4 is 21.8 Å². The summed E-state index contributed by atoms with van der Waals surface area (Å²) >= 11 is 3.49. The van der Waals surface area contributed by atoms with Crippen molar-refractivity contribution in [2.45, 2.75) is 39.3 Å². The van der Waals surface area contributed by atoms with E-state index in [0.717, 1.165) is 27.6 Å². The second-order valence-electron chi connectivity index (χ2n) is 6.79. The summed E-state index contributed by atoms with van der Waals surface area (Å²) in [7, 11) is 0. The van der Waals surface area contributed by atoms with Crippen LogP contribution < -0.4 is 5.73 Å². The van der Waals surface area contributed by atoms with Gasteiger partial charge in [-0.1, -0.05) is 22.0 Å². The Morgan fingerprint density at radius 3 is 2.60 bits per heavy atom. The number of benzene rings is 2. The number of aryl methyl sites for hydroxylation is 2. The van der Waals surface area contributed by atoms with E-state index in [2.05, 4.69) is 28.1 Å². The standard InChI is InChI=1S/C20H23BrN2O2/c1-12-7-17(24)8-13(2)18(12)10-19(22)20(25)23-6-5-14-3-4-16(21)9-15(14)11-23/h3-4,7-9,19,24H,5-6,10-11,22H2,1-2H3/t19-/m0/s1. The first kappa shape index (κ1) is 18.0. The third kappa shape index (κ3) is 3.88. The molecular formula is C20H23BrN2O2. The number of nitrogens with two attached hydrogens (primary N) is 1. The van der Waals surface area contributed by atoms with Crippen LogP contribution in [-0.4, -0.2) is 28.5 Å². The van der Waals surface area contributed by atoms with Gasteiger partial charge in [-0.25, -0.2) is 0 Å². The molecule has 2 aromatic rings. The van der Waals surface area contributed by atoms with E-state index in [9.17, 15) is 9.90 Å². The Labute approximate surface area is 156 Å². The largest absolute Gasteiger partial charge is 0.508 e. The molecule has 0 saturated heterocycles. The molecule has 0 saturated carbocycles. The molecule has 0 radical (unpaired) electrons. The van der Waals surface area contributed by atoms with E-state index in [0.29, 0.717) is 19.5 Å². The molecular weight excluding hydrogens is 380 g/mol. The third-order valence-corrected chi connectivity index (χ3v) is 5.41. The minimum absolute atomic E-state index is 0.0162. The van der Waals surface area contributed by atoms with E-state index in [-0.39, 0.29) is 11.7 Å². The second-order valence-corrected chi connectivity index (χ2v) is 7.71. The van der Waals surface area contributed by atoms with E-state index < -0.39 is 6.04 Å². The van der Waals surface area contributed by atoms with Gasteiger partial charge < -0.3 is 15.7 Å². The van der Waals surface area contributed by atoms with Crippen molar-refractivity contribution in [3.8, 4) is 5.75 Å². The van der Waals surface area contributed by atoms with Gasteiger partial charge in [0.2, 0.25) is 5.91 Å². The Kier molecular flexibility index (Phi) is 5.16. The number of hydrogen-bond donors (Lipinski definition) is 2. The van der Waals surface area contributed by atoms with Crippen molar-refractivity contribution in [1.29, 1.82) is 0 Å². The first-order valence-electron chi connectivity index (χ1n) is 8.46.